The quantitative estimate of drug-likeness (QED) is 0.409. The summed E-state index contributed by atoms with van der Waals surface area (Å²) in [6.45, 7) is 2.06. The van der Waals surface area contributed by atoms with Gasteiger partial charge in [-0.05, 0) is 37.3 Å². The van der Waals surface area contributed by atoms with Gasteiger partial charge in [-0.2, -0.15) is 4.52 Å². The van der Waals surface area contributed by atoms with Crippen molar-refractivity contribution in [1.29, 1.82) is 0 Å². The third-order valence-electron chi connectivity index (χ3n) is 4.48. The number of rotatable bonds is 8. The average Bonchev–Trinajstić information content (AvgIpc) is 3.21. The predicted octanol–water partition coefficient (Wildman–Crippen LogP) is 3.55. The van der Waals surface area contributed by atoms with Gasteiger partial charge in [0.2, 0.25) is 5.88 Å². The van der Waals surface area contributed by atoms with Crippen molar-refractivity contribution in [2.24, 2.45) is 0 Å². The van der Waals surface area contributed by atoms with E-state index in [1.165, 1.54) is 16.6 Å². The first-order chi connectivity index (χ1) is 15.5. The van der Waals surface area contributed by atoms with E-state index in [-0.39, 0.29) is 24.9 Å². The van der Waals surface area contributed by atoms with Gasteiger partial charge in [-0.3, -0.25) is 4.79 Å². The van der Waals surface area contributed by atoms with Crippen molar-refractivity contribution < 1.29 is 18.7 Å². The monoisotopic (exact) mass is 455 g/mol. The van der Waals surface area contributed by atoms with Crippen LogP contribution in [0.2, 0.25) is 5.02 Å². The fraction of sp³-hybridized carbons (Fsp3) is 0.182. The van der Waals surface area contributed by atoms with Gasteiger partial charge in [-0.15, -0.1) is 15.3 Å². The molecule has 0 saturated carbocycles. The lowest BCUT2D eigenvalue weighted by Crippen LogP contribution is -2.38. The van der Waals surface area contributed by atoms with Crippen molar-refractivity contribution in [3.63, 3.8) is 0 Å². The van der Waals surface area contributed by atoms with Gasteiger partial charge >= 0.3 is 0 Å². The molecule has 8 nitrogen and oxygen atoms in total. The van der Waals surface area contributed by atoms with E-state index in [1.54, 1.807) is 55.5 Å². The molecule has 0 aliphatic rings. The van der Waals surface area contributed by atoms with E-state index in [9.17, 15) is 9.18 Å². The first-order valence-electron chi connectivity index (χ1n) is 9.81. The van der Waals surface area contributed by atoms with E-state index in [0.29, 0.717) is 33.7 Å². The summed E-state index contributed by atoms with van der Waals surface area (Å²) >= 11 is 6.05. The Bertz CT molecular complexity index is 1250. The molecule has 0 spiro atoms. The van der Waals surface area contributed by atoms with Crippen LogP contribution in [0.1, 0.15) is 6.92 Å². The fourth-order valence-corrected chi connectivity index (χ4v) is 3.09. The SMILES string of the molecule is CC(Oc1ccccc1Cl)C(=O)NCCOc1ccc2nnc(-c3cccc(F)c3)n2n1. The van der Waals surface area contributed by atoms with Crippen molar-refractivity contribution in [1.82, 2.24) is 25.1 Å². The molecule has 1 unspecified atom stereocenters. The molecule has 2 aromatic heterocycles. The fourth-order valence-electron chi connectivity index (χ4n) is 2.91. The minimum atomic E-state index is -0.727. The molecule has 0 radical (unpaired) electrons. The van der Waals surface area contributed by atoms with Gasteiger partial charge in [0.05, 0.1) is 11.6 Å². The molecule has 1 amide bonds. The Kier molecular flexibility index (Phi) is 6.46. The van der Waals surface area contributed by atoms with Crippen LogP contribution in [-0.2, 0) is 4.79 Å². The largest absolute Gasteiger partial charge is 0.479 e. The summed E-state index contributed by atoms with van der Waals surface area (Å²) in [7, 11) is 0. The molecule has 164 valence electrons. The number of fused-ring (bicyclic) bond motifs is 1. The molecule has 0 aliphatic heterocycles. The van der Waals surface area contributed by atoms with Crippen molar-refractivity contribution in [3.8, 4) is 23.0 Å². The van der Waals surface area contributed by atoms with Crippen LogP contribution in [0.15, 0.2) is 60.7 Å². The van der Waals surface area contributed by atoms with Gasteiger partial charge in [0, 0.05) is 11.6 Å². The second-order valence-electron chi connectivity index (χ2n) is 6.81. The van der Waals surface area contributed by atoms with Crippen LogP contribution in [0, 0.1) is 5.82 Å². The van der Waals surface area contributed by atoms with E-state index >= 15 is 0 Å². The number of para-hydroxylation sites is 1. The Morgan fingerprint density at radius 2 is 2.00 bits per heavy atom. The van der Waals surface area contributed by atoms with Crippen LogP contribution in [-0.4, -0.2) is 45.0 Å². The zero-order valence-electron chi connectivity index (χ0n) is 17.0. The summed E-state index contributed by atoms with van der Waals surface area (Å²) in [6.07, 6.45) is -0.727. The van der Waals surface area contributed by atoms with E-state index in [0.717, 1.165) is 0 Å². The number of carbonyl (C=O) groups excluding carboxylic acids is 1. The summed E-state index contributed by atoms with van der Waals surface area (Å²) < 4.78 is 26.2. The maximum atomic E-state index is 13.6. The van der Waals surface area contributed by atoms with Crippen molar-refractivity contribution in [3.05, 3.63) is 71.5 Å². The van der Waals surface area contributed by atoms with E-state index < -0.39 is 6.10 Å². The number of halogens is 2. The van der Waals surface area contributed by atoms with Crippen LogP contribution >= 0.6 is 11.6 Å². The molecule has 4 rings (SSSR count). The lowest BCUT2D eigenvalue weighted by molar-refractivity contribution is -0.127. The zero-order valence-corrected chi connectivity index (χ0v) is 17.8. The standard InChI is InChI=1S/C22H19ClFN5O3/c1-14(32-18-8-3-2-7-17(18)23)22(30)25-11-12-31-20-10-9-19-26-27-21(29(19)28-20)15-5-4-6-16(24)13-15/h2-10,13-14H,11-12H2,1H3,(H,25,30). The van der Waals surface area contributed by atoms with Gasteiger partial charge in [-0.1, -0.05) is 35.9 Å². The molecule has 1 N–H and O–H groups in total. The lowest BCUT2D eigenvalue weighted by Gasteiger charge is -2.15. The van der Waals surface area contributed by atoms with Crippen LogP contribution in [0.3, 0.4) is 0 Å². The molecule has 0 fully saturated rings. The molecule has 32 heavy (non-hydrogen) atoms. The lowest BCUT2D eigenvalue weighted by atomic mass is 10.2. The van der Waals surface area contributed by atoms with E-state index in [1.807, 2.05) is 0 Å². The molecule has 1 atom stereocenters. The van der Waals surface area contributed by atoms with Gasteiger partial charge in [0.25, 0.3) is 5.91 Å². The number of aromatic nitrogens is 4. The highest BCUT2D eigenvalue weighted by Gasteiger charge is 2.16. The Morgan fingerprint density at radius 1 is 1.16 bits per heavy atom. The Balaban J connectivity index is 1.33. The highest BCUT2D eigenvalue weighted by molar-refractivity contribution is 6.32. The van der Waals surface area contributed by atoms with Gasteiger partial charge in [0.15, 0.2) is 17.6 Å². The summed E-state index contributed by atoms with van der Waals surface area (Å²) in [5.41, 5.74) is 1.04. The Labute approximate surface area is 187 Å². The summed E-state index contributed by atoms with van der Waals surface area (Å²) in [6, 6.07) is 16.3. The summed E-state index contributed by atoms with van der Waals surface area (Å²) in [4.78, 5) is 12.2. The van der Waals surface area contributed by atoms with E-state index in [2.05, 4.69) is 20.6 Å². The second-order valence-corrected chi connectivity index (χ2v) is 7.21. The summed E-state index contributed by atoms with van der Waals surface area (Å²) in [5, 5.41) is 15.6. The van der Waals surface area contributed by atoms with Crippen LogP contribution in [0.5, 0.6) is 11.6 Å². The van der Waals surface area contributed by atoms with Gasteiger partial charge in [0.1, 0.15) is 18.2 Å². The average molecular weight is 456 g/mol. The number of hydrogen-bond donors (Lipinski definition) is 1. The predicted molar refractivity (Wildman–Crippen MR) is 116 cm³/mol. The zero-order chi connectivity index (χ0) is 22.5. The number of ether oxygens (including phenoxy) is 2. The van der Waals surface area contributed by atoms with Crippen molar-refractivity contribution in [2.45, 2.75) is 13.0 Å². The highest BCUT2D eigenvalue weighted by Crippen LogP contribution is 2.24. The normalized spacial score (nSPS) is 11.8. The molecule has 4 aromatic rings. The molecule has 10 heteroatoms. The number of nitrogens with zero attached hydrogens (tertiary/aromatic N) is 4. The van der Waals surface area contributed by atoms with Gasteiger partial charge in [-0.25, -0.2) is 4.39 Å². The summed E-state index contributed by atoms with van der Waals surface area (Å²) in [5.74, 6) is 0.459. The van der Waals surface area contributed by atoms with Crippen LogP contribution < -0.4 is 14.8 Å². The van der Waals surface area contributed by atoms with E-state index in [4.69, 9.17) is 21.1 Å². The van der Waals surface area contributed by atoms with Gasteiger partial charge < -0.3 is 14.8 Å². The number of benzene rings is 2. The van der Waals surface area contributed by atoms with Crippen LogP contribution in [0.4, 0.5) is 4.39 Å². The first-order valence-corrected chi connectivity index (χ1v) is 10.2. The van der Waals surface area contributed by atoms with Crippen LogP contribution in [0.25, 0.3) is 17.0 Å². The number of carbonyl (C=O) groups is 1. The second kappa shape index (κ2) is 9.61. The molecular weight excluding hydrogens is 437 g/mol. The third-order valence-corrected chi connectivity index (χ3v) is 4.79. The topological polar surface area (TPSA) is 90.6 Å². The number of hydrogen-bond acceptors (Lipinski definition) is 6. The molecule has 0 aliphatic carbocycles. The molecular formula is C22H19ClFN5O3. The molecule has 2 heterocycles. The molecule has 0 saturated heterocycles. The number of amides is 1. The minimum Gasteiger partial charge on any atom is -0.479 e. The highest BCUT2D eigenvalue weighted by atomic mass is 35.5. The Morgan fingerprint density at radius 3 is 2.81 bits per heavy atom. The maximum Gasteiger partial charge on any atom is 0.260 e. The molecule has 0 bridgehead atoms. The molecule has 2 aromatic carbocycles. The van der Waals surface area contributed by atoms with Crippen molar-refractivity contribution in [2.75, 3.05) is 13.2 Å². The minimum absolute atomic E-state index is 0.181. The van der Waals surface area contributed by atoms with Crippen molar-refractivity contribution >= 4 is 23.2 Å². The number of nitrogens with one attached hydrogen (secondary N) is 1. The smallest absolute Gasteiger partial charge is 0.260 e. The maximum absolute atomic E-state index is 13.6. The Hall–Kier alpha value is -3.72. The third kappa shape index (κ3) is 4.94. The first kappa shape index (κ1) is 21.5.